The van der Waals surface area contributed by atoms with Gasteiger partial charge in [-0.2, -0.15) is 0 Å². The van der Waals surface area contributed by atoms with Crippen molar-refractivity contribution in [3.8, 4) is 0 Å². The van der Waals surface area contributed by atoms with Crippen LogP contribution in [0.2, 0.25) is 0 Å². The van der Waals surface area contributed by atoms with Gasteiger partial charge in [-0.1, -0.05) is 61.2 Å². The van der Waals surface area contributed by atoms with Gasteiger partial charge in [0.05, 0.1) is 9.71 Å². The Morgan fingerprint density at radius 3 is 1.72 bits per heavy atom. The third-order valence-electron chi connectivity index (χ3n) is 1.97. The molecule has 0 aromatic heterocycles. The average Bonchev–Trinajstić information content (AvgIpc) is 2.38. The fourth-order valence-electron chi connectivity index (χ4n) is 0.861. The molecule has 0 radical (unpaired) electrons. The quantitative estimate of drug-likeness (QED) is 0.656. The predicted molar refractivity (Wildman–Crippen MR) is 83.9 cm³/mol. The first-order valence-corrected chi connectivity index (χ1v) is 7.21. The van der Waals surface area contributed by atoms with Crippen LogP contribution in [-0.4, -0.2) is 17.1 Å². The highest BCUT2D eigenvalue weighted by Crippen LogP contribution is 2.03. The molecule has 1 rings (SSSR count). The molecular formula is C15H21NOS. The summed E-state index contributed by atoms with van der Waals surface area (Å²) < 4.78 is 14.1. The van der Waals surface area contributed by atoms with Crippen molar-refractivity contribution >= 4 is 15.6 Å². The number of rotatable bonds is 4. The van der Waals surface area contributed by atoms with Crippen LogP contribution in [0.3, 0.4) is 0 Å². The van der Waals surface area contributed by atoms with Crippen molar-refractivity contribution < 1.29 is 4.21 Å². The van der Waals surface area contributed by atoms with E-state index in [4.69, 9.17) is 0 Å². The minimum atomic E-state index is -2.37. The van der Waals surface area contributed by atoms with Crippen LogP contribution in [0.1, 0.15) is 6.92 Å². The summed E-state index contributed by atoms with van der Waals surface area (Å²) in [5.74, 6) is 3.50. The lowest BCUT2D eigenvalue weighted by atomic mass is 10.3. The zero-order valence-electron chi connectivity index (χ0n) is 11.1. The van der Waals surface area contributed by atoms with E-state index in [1.807, 2.05) is 43.3 Å². The molecular weight excluding hydrogens is 242 g/mol. The molecule has 0 fully saturated rings. The molecule has 0 aliphatic rings. The highest BCUT2D eigenvalue weighted by atomic mass is 32.2. The van der Waals surface area contributed by atoms with Crippen molar-refractivity contribution in [3.05, 3.63) is 72.2 Å². The van der Waals surface area contributed by atoms with Crippen LogP contribution in [-0.2, 0) is 9.71 Å². The average molecular weight is 263 g/mol. The first-order chi connectivity index (χ1) is 8.40. The number of benzene rings is 1. The van der Waals surface area contributed by atoms with Crippen LogP contribution in [0.4, 0.5) is 0 Å². The van der Waals surface area contributed by atoms with Crippen LogP contribution in [0.25, 0.3) is 0 Å². The number of nitrogens with one attached hydrogen (secondary N) is 1. The van der Waals surface area contributed by atoms with Crippen LogP contribution in [0, 0.1) is 0 Å². The van der Waals surface area contributed by atoms with Crippen LogP contribution < -0.4 is 4.72 Å². The molecule has 1 N–H and O–H groups in total. The minimum Gasteiger partial charge on any atom is -0.248 e. The van der Waals surface area contributed by atoms with E-state index in [1.165, 1.54) is 0 Å². The molecule has 1 aromatic carbocycles. The van der Waals surface area contributed by atoms with Gasteiger partial charge in [-0.25, -0.2) is 8.93 Å². The SMILES string of the molecule is C=C(C)/C=C\C(=C)S(=C)(=O)NC.c1ccccc1. The largest absolute Gasteiger partial charge is 0.248 e. The normalized spacial score (nSPS) is 13.2. The van der Waals surface area contributed by atoms with Gasteiger partial charge < -0.3 is 0 Å². The van der Waals surface area contributed by atoms with Gasteiger partial charge in [-0.3, -0.25) is 0 Å². The van der Waals surface area contributed by atoms with Crippen molar-refractivity contribution in [2.75, 3.05) is 7.05 Å². The monoisotopic (exact) mass is 263 g/mol. The van der Waals surface area contributed by atoms with E-state index in [2.05, 4.69) is 23.8 Å². The summed E-state index contributed by atoms with van der Waals surface area (Å²) >= 11 is 0. The van der Waals surface area contributed by atoms with Gasteiger partial charge in [0, 0.05) is 4.91 Å². The van der Waals surface area contributed by atoms with Crippen molar-refractivity contribution in [2.45, 2.75) is 6.92 Å². The van der Waals surface area contributed by atoms with E-state index in [1.54, 1.807) is 19.2 Å². The fraction of sp³-hybridized carbons (Fsp3) is 0.133. The first-order valence-electron chi connectivity index (χ1n) is 5.48. The maximum absolute atomic E-state index is 11.5. The molecule has 98 valence electrons. The van der Waals surface area contributed by atoms with Gasteiger partial charge >= 0.3 is 0 Å². The summed E-state index contributed by atoms with van der Waals surface area (Å²) in [6.45, 7) is 9.17. The Bertz CT molecular complexity index is 472. The second kappa shape index (κ2) is 8.50. The summed E-state index contributed by atoms with van der Waals surface area (Å²) in [5, 5.41) is 0. The summed E-state index contributed by atoms with van der Waals surface area (Å²) in [6.07, 6.45) is 3.42. The molecule has 1 atom stereocenters. The molecule has 1 unspecified atom stereocenters. The Morgan fingerprint density at radius 1 is 1.06 bits per heavy atom. The van der Waals surface area contributed by atoms with Crippen LogP contribution in [0.15, 0.2) is 72.2 Å². The molecule has 0 amide bonds. The third kappa shape index (κ3) is 7.65. The van der Waals surface area contributed by atoms with Crippen molar-refractivity contribution in [3.63, 3.8) is 0 Å². The smallest absolute Gasteiger partial charge is 0.0524 e. The molecule has 0 aliphatic heterocycles. The molecule has 3 heteroatoms. The summed E-state index contributed by atoms with van der Waals surface area (Å²) in [7, 11) is -0.774. The van der Waals surface area contributed by atoms with E-state index in [0.29, 0.717) is 4.91 Å². The zero-order chi connectivity index (χ0) is 14.0. The Labute approximate surface area is 111 Å². The summed E-state index contributed by atoms with van der Waals surface area (Å²) in [6, 6.07) is 12.0. The Hall–Kier alpha value is -1.58. The topological polar surface area (TPSA) is 29.1 Å². The lowest BCUT2D eigenvalue weighted by Crippen LogP contribution is -2.18. The Kier molecular flexibility index (Phi) is 7.76. The van der Waals surface area contributed by atoms with E-state index in [9.17, 15) is 4.21 Å². The van der Waals surface area contributed by atoms with Crippen molar-refractivity contribution in [2.24, 2.45) is 0 Å². The maximum Gasteiger partial charge on any atom is 0.0524 e. The second-order valence-corrected chi connectivity index (χ2v) is 5.96. The second-order valence-electron chi connectivity index (χ2n) is 3.68. The Balaban J connectivity index is 0.000000397. The summed E-state index contributed by atoms with van der Waals surface area (Å²) in [4.78, 5) is 0.480. The van der Waals surface area contributed by atoms with Gasteiger partial charge in [0.1, 0.15) is 0 Å². The fourth-order valence-corrected chi connectivity index (χ4v) is 1.41. The lowest BCUT2D eigenvalue weighted by Gasteiger charge is -2.05. The lowest BCUT2D eigenvalue weighted by molar-refractivity contribution is 0.680. The molecule has 0 saturated heterocycles. The summed E-state index contributed by atoms with van der Waals surface area (Å²) in [5.41, 5.74) is 0.891. The van der Waals surface area contributed by atoms with Gasteiger partial charge in [-0.05, 0) is 25.9 Å². The molecule has 0 aliphatic carbocycles. The first kappa shape index (κ1) is 16.4. The van der Waals surface area contributed by atoms with Crippen molar-refractivity contribution in [1.29, 1.82) is 0 Å². The van der Waals surface area contributed by atoms with E-state index in [0.717, 1.165) is 5.57 Å². The molecule has 1 aromatic rings. The molecule has 2 nitrogen and oxygen atoms in total. The van der Waals surface area contributed by atoms with E-state index in [-0.39, 0.29) is 0 Å². The highest BCUT2D eigenvalue weighted by Gasteiger charge is 2.00. The standard InChI is InChI=1S/C9H15NOS.C6H6/c1-8(2)6-7-9(3)12(5,11)10-4;1-2-4-6-5-3-1/h6-7H,1,3,5H2,2,4H3,(H,10,11);1-6H/b7-6-;. The maximum atomic E-state index is 11.5. The third-order valence-corrected chi connectivity index (χ3v) is 3.62. The molecule has 0 heterocycles. The molecule has 18 heavy (non-hydrogen) atoms. The van der Waals surface area contributed by atoms with E-state index >= 15 is 0 Å². The van der Waals surface area contributed by atoms with E-state index < -0.39 is 9.71 Å². The number of hydrogen-bond donors (Lipinski definition) is 1. The van der Waals surface area contributed by atoms with Gasteiger partial charge in [0.15, 0.2) is 0 Å². The molecule has 0 saturated carbocycles. The van der Waals surface area contributed by atoms with Gasteiger partial charge in [-0.15, -0.1) is 0 Å². The van der Waals surface area contributed by atoms with Gasteiger partial charge in [0.2, 0.25) is 0 Å². The number of allylic oxidation sites excluding steroid dienone is 3. The molecule has 0 bridgehead atoms. The Morgan fingerprint density at radius 2 is 1.44 bits per heavy atom. The van der Waals surface area contributed by atoms with Crippen LogP contribution in [0.5, 0.6) is 0 Å². The highest BCUT2D eigenvalue weighted by molar-refractivity contribution is 8.02. The predicted octanol–water partition coefficient (Wildman–Crippen LogP) is 3.17. The van der Waals surface area contributed by atoms with Crippen LogP contribution >= 0.6 is 0 Å². The number of hydrogen-bond acceptors (Lipinski definition) is 1. The van der Waals surface area contributed by atoms with Gasteiger partial charge in [0.25, 0.3) is 0 Å². The zero-order valence-corrected chi connectivity index (χ0v) is 11.9. The minimum absolute atomic E-state index is 0.480. The van der Waals surface area contributed by atoms with Crippen molar-refractivity contribution in [1.82, 2.24) is 4.72 Å². The molecule has 0 spiro atoms.